The maximum absolute atomic E-state index is 12.0. The zero-order valence-electron chi connectivity index (χ0n) is 12.3. The van der Waals surface area contributed by atoms with Crippen molar-refractivity contribution in [1.29, 1.82) is 0 Å². The number of ketones is 1. The molecule has 2 rings (SSSR count). The van der Waals surface area contributed by atoms with Gasteiger partial charge in [-0.1, -0.05) is 61.8 Å². The van der Waals surface area contributed by atoms with Gasteiger partial charge >= 0.3 is 0 Å². The summed E-state index contributed by atoms with van der Waals surface area (Å²) in [7, 11) is 0. The summed E-state index contributed by atoms with van der Waals surface area (Å²) in [5.41, 5.74) is 2.92. The van der Waals surface area contributed by atoms with E-state index in [-0.39, 0.29) is 12.4 Å². The number of carbonyl (C=O) groups is 1. The van der Waals surface area contributed by atoms with Crippen LogP contribution in [0.3, 0.4) is 0 Å². The quantitative estimate of drug-likeness (QED) is 0.712. The van der Waals surface area contributed by atoms with Gasteiger partial charge < -0.3 is 4.74 Å². The molecular weight excluding hydrogens is 284 g/mol. The summed E-state index contributed by atoms with van der Waals surface area (Å²) >= 11 is 5.82. The third kappa shape index (κ3) is 4.69. The van der Waals surface area contributed by atoms with Crippen LogP contribution in [0, 0.1) is 0 Å². The van der Waals surface area contributed by atoms with Gasteiger partial charge in [0.05, 0.1) is 6.61 Å². The zero-order chi connectivity index (χ0) is 15.2. The summed E-state index contributed by atoms with van der Waals surface area (Å²) in [6.45, 7) is 4.76. The third-order valence-corrected chi connectivity index (χ3v) is 3.57. The van der Waals surface area contributed by atoms with Crippen LogP contribution in [0.4, 0.5) is 0 Å². The summed E-state index contributed by atoms with van der Waals surface area (Å²) in [4.78, 5) is 12.0. The first-order valence-corrected chi connectivity index (χ1v) is 7.39. The Morgan fingerprint density at radius 1 is 1.05 bits per heavy atom. The Bertz CT molecular complexity index is 586. The standard InChI is InChI=1S/C18H19ClO2/c1-13(2)15-5-7-16(8-6-15)18(20)12-21-11-14-3-9-17(19)10-4-14/h3-10,13H,11-12H2,1-2H3. The van der Waals surface area contributed by atoms with E-state index in [1.54, 1.807) is 0 Å². The molecule has 0 saturated carbocycles. The Kier molecular flexibility index (Phi) is 5.54. The van der Waals surface area contributed by atoms with Gasteiger partial charge in [0.2, 0.25) is 0 Å². The van der Waals surface area contributed by atoms with Gasteiger partial charge in [0, 0.05) is 10.6 Å². The van der Waals surface area contributed by atoms with Crippen molar-refractivity contribution in [1.82, 2.24) is 0 Å². The summed E-state index contributed by atoms with van der Waals surface area (Å²) in [5.74, 6) is 0.467. The first-order chi connectivity index (χ1) is 10.1. The lowest BCUT2D eigenvalue weighted by molar-refractivity contribution is 0.0726. The van der Waals surface area contributed by atoms with E-state index >= 15 is 0 Å². The second-order valence-electron chi connectivity index (χ2n) is 5.32. The molecular formula is C18H19ClO2. The Balaban J connectivity index is 1.85. The number of hydrogen-bond donors (Lipinski definition) is 0. The van der Waals surface area contributed by atoms with E-state index < -0.39 is 0 Å². The van der Waals surface area contributed by atoms with Crippen molar-refractivity contribution in [3.05, 3.63) is 70.2 Å². The Hall–Kier alpha value is -1.64. The predicted octanol–water partition coefficient (Wildman–Crippen LogP) is 4.86. The minimum absolute atomic E-state index is 0.000676. The number of Topliss-reactive ketones (excluding diaryl/α,β-unsaturated/α-hetero) is 1. The van der Waals surface area contributed by atoms with Crippen molar-refractivity contribution in [2.45, 2.75) is 26.4 Å². The Morgan fingerprint density at radius 3 is 2.24 bits per heavy atom. The monoisotopic (exact) mass is 302 g/mol. The summed E-state index contributed by atoms with van der Waals surface area (Å²) in [5, 5.41) is 0.695. The van der Waals surface area contributed by atoms with E-state index in [1.807, 2.05) is 48.5 Å². The lowest BCUT2D eigenvalue weighted by Gasteiger charge is -2.07. The molecule has 0 unspecified atom stereocenters. The maximum Gasteiger partial charge on any atom is 0.188 e. The largest absolute Gasteiger partial charge is 0.369 e. The summed E-state index contributed by atoms with van der Waals surface area (Å²) in [6, 6.07) is 15.1. The van der Waals surface area contributed by atoms with Crippen molar-refractivity contribution < 1.29 is 9.53 Å². The topological polar surface area (TPSA) is 26.3 Å². The second-order valence-corrected chi connectivity index (χ2v) is 5.76. The van der Waals surface area contributed by atoms with E-state index in [2.05, 4.69) is 13.8 Å². The molecule has 0 aromatic heterocycles. The van der Waals surface area contributed by atoms with Gasteiger partial charge in [0.25, 0.3) is 0 Å². The number of hydrogen-bond acceptors (Lipinski definition) is 2. The highest BCUT2D eigenvalue weighted by Gasteiger charge is 2.07. The first kappa shape index (κ1) is 15.7. The molecule has 0 heterocycles. The van der Waals surface area contributed by atoms with Crippen LogP contribution < -0.4 is 0 Å². The molecule has 2 aromatic rings. The lowest BCUT2D eigenvalue weighted by Crippen LogP contribution is -2.09. The van der Waals surface area contributed by atoms with Gasteiger partial charge in [-0.05, 0) is 29.2 Å². The number of rotatable bonds is 6. The highest BCUT2D eigenvalue weighted by Crippen LogP contribution is 2.15. The molecule has 0 aliphatic carbocycles. The van der Waals surface area contributed by atoms with Crippen LogP contribution in [0.25, 0.3) is 0 Å². The molecule has 110 valence electrons. The van der Waals surface area contributed by atoms with E-state index in [1.165, 1.54) is 5.56 Å². The molecule has 2 nitrogen and oxygen atoms in total. The molecule has 0 spiro atoms. The van der Waals surface area contributed by atoms with E-state index in [0.29, 0.717) is 23.1 Å². The molecule has 3 heteroatoms. The summed E-state index contributed by atoms with van der Waals surface area (Å²) in [6.07, 6.45) is 0. The summed E-state index contributed by atoms with van der Waals surface area (Å²) < 4.78 is 5.46. The fourth-order valence-corrected chi connectivity index (χ4v) is 2.11. The normalized spacial score (nSPS) is 10.9. The van der Waals surface area contributed by atoms with Crippen LogP contribution in [-0.4, -0.2) is 12.4 Å². The molecule has 0 fully saturated rings. The van der Waals surface area contributed by atoms with Gasteiger partial charge in [-0.25, -0.2) is 0 Å². The van der Waals surface area contributed by atoms with E-state index in [9.17, 15) is 4.79 Å². The second kappa shape index (κ2) is 7.39. The molecule has 0 aliphatic rings. The molecule has 0 saturated heterocycles. The minimum atomic E-state index is -0.000676. The van der Waals surface area contributed by atoms with Crippen LogP contribution in [0.2, 0.25) is 5.02 Å². The van der Waals surface area contributed by atoms with Crippen molar-refractivity contribution in [3.8, 4) is 0 Å². The number of halogens is 1. The predicted molar refractivity (Wildman–Crippen MR) is 86.0 cm³/mol. The van der Waals surface area contributed by atoms with Gasteiger partial charge in [0.15, 0.2) is 5.78 Å². The molecule has 0 radical (unpaired) electrons. The molecule has 0 amide bonds. The van der Waals surface area contributed by atoms with Crippen LogP contribution in [0.15, 0.2) is 48.5 Å². The van der Waals surface area contributed by atoms with E-state index in [4.69, 9.17) is 16.3 Å². The van der Waals surface area contributed by atoms with Gasteiger partial charge in [-0.15, -0.1) is 0 Å². The third-order valence-electron chi connectivity index (χ3n) is 3.31. The van der Waals surface area contributed by atoms with Crippen molar-refractivity contribution in [2.75, 3.05) is 6.61 Å². The fourth-order valence-electron chi connectivity index (χ4n) is 1.98. The Labute approximate surface area is 130 Å². The van der Waals surface area contributed by atoms with Crippen molar-refractivity contribution >= 4 is 17.4 Å². The molecule has 21 heavy (non-hydrogen) atoms. The van der Waals surface area contributed by atoms with Crippen LogP contribution >= 0.6 is 11.6 Å². The van der Waals surface area contributed by atoms with Crippen LogP contribution in [0.1, 0.15) is 41.3 Å². The van der Waals surface area contributed by atoms with E-state index in [0.717, 1.165) is 5.56 Å². The SMILES string of the molecule is CC(C)c1ccc(C(=O)COCc2ccc(Cl)cc2)cc1. The maximum atomic E-state index is 12.0. The average Bonchev–Trinajstić information content (AvgIpc) is 2.49. The number of ether oxygens (including phenoxy) is 1. The average molecular weight is 303 g/mol. The van der Waals surface area contributed by atoms with Crippen LogP contribution in [0.5, 0.6) is 0 Å². The highest BCUT2D eigenvalue weighted by molar-refractivity contribution is 6.30. The molecule has 2 aromatic carbocycles. The molecule has 0 atom stereocenters. The van der Waals surface area contributed by atoms with Gasteiger partial charge in [-0.3, -0.25) is 4.79 Å². The molecule has 0 aliphatic heterocycles. The van der Waals surface area contributed by atoms with Gasteiger partial charge in [-0.2, -0.15) is 0 Å². The minimum Gasteiger partial charge on any atom is -0.369 e. The zero-order valence-corrected chi connectivity index (χ0v) is 13.1. The number of benzene rings is 2. The molecule has 0 N–H and O–H groups in total. The fraction of sp³-hybridized carbons (Fsp3) is 0.278. The van der Waals surface area contributed by atoms with Crippen molar-refractivity contribution in [2.24, 2.45) is 0 Å². The van der Waals surface area contributed by atoms with Crippen LogP contribution in [-0.2, 0) is 11.3 Å². The van der Waals surface area contributed by atoms with Crippen molar-refractivity contribution in [3.63, 3.8) is 0 Å². The number of carbonyl (C=O) groups excluding carboxylic acids is 1. The highest BCUT2D eigenvalue weighted by atomic mass is 35.5. The smallest absolute Gasteiger partial charge is 0.188 e. The Morgan fingerprint density at radius 2 is 1.67 bits per heavy atom. The lowest BCUT2D eigenvalue weighted by atomic mass is 10.0. The molecule has 0 bridgehead atoms. The first-order valence-electron chi connectivity index (χ1n) is 7.01. The van der Waals surface area contributed by atoms with Gasteiger partial charge in [0.1, 0.15) is 6.61 Å².